The number of aromatic nitrogens is 3. The van der Waals surface area contributed by atoms with E-state index in [1.54, 1.807) is 0 Å². The molecule has 1 aliphatic rings. The second kappa shape index (κ2) is 4.37. The average molecular weight is 268 g/mol. The van der Waals surface area contributed by atoms with Gasteiger partial charge in [0.25, 0.3) is 0 Å². The Kier molecular flexibility index (Phi) is 2.52. The molecular formula is C15H16N4O. The number of benzene rings is 1. The Morgan fingerprint density at radius 2 is 2.20 bits per heavy atom. The van der Waals surface area contributed by atoms with Crippen LogP contribution >= 0.6 is 0 Å². The summed E-state index contributed by atoms with van der Waals surface area (Å²) in [6.45, 7) is 2.67. The highest BCUT2D eigenvalue weighted by Gasteiger charge is 2.31. The number of H-pyrrole nitrogens is 1. The number of nitrogens with zero attached hydrogens (tertiary/aromatic N) is 2. The van der Waals surface area contributed by atoms with Crippen LogP contribution in [-0.2, 0) is 6.54 Å². The number of nitrogens with one attached hydrogen (secondary N) is 2. The van der Waals surface area contributed by atoms with E-state index >= 15 is 0 Å². The van der Waals surface area contributed by atoms with E-state index < -0.39 is 0 Å². The van der Waals surface area contributed by atoms with Gasteiger partial charge < -0.3 is 9.84 Å². The van der Waals surface area contributed by atoms with Gasteiger partial charge in [-0.3, -0.25) is 5.10 Å². The maximum absolute atomic E-state index is 5.44. The summed E-state index contributed by atoms with van der Waals surface area (Å²) in [6.07, 6.45) is 2.41. The van der Waals surface area contributed by atoms with Crippen molar-refractivity contribution in [3.05, 3.63) is 41.4 Å². The van der Waals surface area contributed by atoms with Gasteiger partial charge in [0.2, 0.25) is 0 Å². The van der Waals surface area contributed by atoms with Gasteiger partial charge in [-0.1, -0.05) is 23.4 Å². The molecule has 2 N–H and O–H groups in total. The first-order chi connectivity index (χ1) is 9.83. The number of anilines is 1. The molecule has 20 heavy (non-hydrogen) atoms. The number of hydrogen-bond donors (Lipinski definition) is 2. The molecular weight excluding hydrogens is 252 g/mol. The highest BCUT2D eigenvalue weighted by molar-refractivity contribution is 5.81. The van der Waals surface area contributed by atoms with Crippen LogP contribution in [0.25, 0.3) is 10.9 Å². The molecule has 0 bridgehead atoms. The summed E-state index contributed by atoms with van der Waals surface area (Å²) in [7, 11) is 0. The summed E-state index contributed by atoms with van der Waals surface area (Å²) < 4.78 is 5.44. The van der Waals surface area contributed by atoms with Crippen LogP contribution in [-0.4, -0.2) is 15.4 Å². The van der Waals surface area contributed by atoms with Gasteiger partial charge in [0.15, 0.2) is 5.76 Å². The molecule has 2 heterocycles. The molecule has 0 spiro atoms. The highest BCUT2D eigenvalue weighted by atomic mass is 16.5. The van der Waals surface area contributed by atoms with Crippen LogP contribution in [0.4, 0.5) is 5.69 Å². The van der Waals surface area contributed by atoms with Crippen LogP contribution in [0.3, 0.4) is 0 Å². The van der Waals surface area contributed by atoms with Gasteiger partial charge in [0.1, 0.15) is 11.4 Å². The number of fused-ring (bicyclic) bond motifs is 1. The van der Waals surface area contributed by atoms with Gasteiger partial charge in [0, 0.05) is 11.3 Å². The summed E-state index contributed by atoms with van der Waals surface area (Å²) in [5.41, 5.74) is 4.05. The third kappa shape index (κ3) is 1.86. The van der Waals surface area contributed by atoms with E-state index in [2.05, 4.69) is 26.7 Å². The van der Waals surface area contributed by atoms with Crippen LogP contribution in [0.1, 0.15) is 35.9 Å². The second-order valence-corrected chi connectivity index (χ2v) is 5.35. The Morgan fingerprint density at radius 1 is 1.35 bits per heavy atom. The molecule has 0 unspecified atom stereocenters. The quantitative estimate of drug-likeness (QED) is 0.761. The topological polar surface area (TPSA) is 66.7 Å². The lowest BCUT2D eigenvalue weighted by Gasteiger charge is -2.05. The van der Waals surface area contributed by atoms with Gasteiger partial charge >= 0.3 is 0 Å². The third-order valence-corrected chi connectivity index (χ3v) is 3.82. The van der Waals surface area contributed by atoms with E-state index in [1.165, 1.54) is 12.8 Å². The zero-order valence-corrected chi connectivity index (χ0v) is 11.3. The van der Waals surface area contributed by atoms with Crippen molar-refractivity contribution in [2.75, 3.05) is 5.32 Å². The van der Waals surface area contributed by atoms with E-state index in [-0.39, 0.29) is 0 Å². The van der Waals surface area contributed by atoms with E-state index in [4.69, 9.17) is 4.52 Å². The predicted molar refractivity (Wildman–Crippen MR) is 76.6 cm³/mol. The van der Waals surface area contributed by atoms with Crippen LogP contribution in [0.15, 0.2) is 28.8 Å². The molecule has 0 amide bonds. The number of aryl methyl sites for hydroxylation is 1. The van der Waals surface area contributed by atoms with Crippen molar-refractivity contribution in [3.8, 4) is 0 Å². The van der Waals surface area contributed by atoms with Gasteiger partial charge in [-0.15, -0.1) is 0 Å². The van der Waals surface area contributed by atoms with Gasteiger partial charge in [-0.25, -0.2) is 0 Å². The monoisotopic (exact) mass is 268 g/mol. The molecule has 1 aliphatic carbocycles. The molecule has 1 saturated carbocycles. The second-order valence-electron chi connectivity index (χ2n) is 5.35. The molecule has 1 aromatic carbocycles. The number of para-hydroxylation sites is 1. The summed E-state index contributed by atoms with van der Waals surface area (Å²) in [5.74, 6) is 1.56. The Labute approximate surface area is 116 Å². The Morgan fingerprint density at radius 3 is 3.05 bits per heavy atom. The largest absolute Gasteiger partial charge is 0.375 e. The maximum Gasteiger partial charge on any atom is 0.163 e. The fraction of sp³-hybridized carbons (Fsp3) is 0.333. The Balaban J connectivity index is 1.60. The minimum Gasteiger partial charge on any atom is -0.375 e. The third-order valence-electron chi connectivity index (χ3n) is 3.82. The number of aromatic amines is 1. The highest BCUT2D eigenvalue weighted by Crippen LogP contribution is 2.44. The van der Waals surface area contributed by atoms with E-state index in [9.17, 15) is 0 Å². The van der Waals surface area contributed by atoms with Crippen molar-refractivity contribution < 1.29 is 4.52 Å². The zero-order valence-electron chi connectivity index (χ0n) is 11.3. The molecule has 0 atom stereocenters. The van der Waals surface area contributed by atoms with Crippen molar-refractivity contribution in [2.45, 2.75) is 32.2 Å². The lowest BCUT2D eigenvalue weighted by molar-refractivity contribution is 0.381. The number of hydrogen-bond acceptors (Lipinski definition) is 4. The van der Waals surface area contributed by atoms with Crippen molar-refractivity contribution in [3.63, 3.8) is 0 Å². The fourth-order valence-corrected chi connectivity index (χ4v) is 2.55. The first kappa shape index (κ1) is 11.5. The molecule has 0 saturated heterocycles. The van der Waals surface area contributed by atoms with Gasteiger partial charge in [-0.05, 0) is 25.8 Å². The molecule has 5 heteroatoms. The minimum absolute atomic E-state index is 0.553. The Bertz CT molecular complexity index is 754. The van der Waals surface area contributed by atoms with Crippen LogP contribution < -0.4 is 5.32 Å². The van der Waals surface area contributed by atoms with Crippen molar-refractivity contribution >= 4 is 16.6 Å². The van der Waals surface area contributed by atoms with E-state index in [0.29, 0.717) is 12.5 Å². The molecule has 5 nitrogen and oxygen atoms in total. The molecule has 1 fully saturated rings. The lowest BCUT2D eigenvalue weighted by atomic mass is 10.2. The van der Waals surface area contributed by atoms with Crippen molar-refractivity contribution in [1.82, 2.24) is 15.4 Å². The van der Waals surface area contributed by atoms with Crippen LogP contribution in [0.5, 0.6) is 0 Å². The van der Waals surface area contributed by atoms with Crippen molar-refractivity contribution in [2.24, 2.45) is 0 Å². The van der Waals surface area contributed by atoms with Crippen LogP contribution in [0, 0.1) is 6.92 Å². The first-order valence-electron chi connectivity index (χ1n) is 6.95. The summed E-state index contributed by atoms with van der Waals surface area (Å²) in [4.78, 5) is 0. The van der Waals surface area contributed by atoms with Crippen molar-refractivity contribution in [1.29, 1.82) is 0 Å². The molecule has 3 aromatic rings. The molecule has 4 rings (SSSR count). The molecule has 0 radical (unpaired) electrons. The van der Waals surface area contributed by atoms with Gasteiger partial charge in [-0.2, -0.15) is 5.10 Å². The van der Waals surface area contributed by atoms with Gasteiger partial charge in [0.05, 0.1) is 17.8 Å². The Hall–Kier alpha value is -2.30. The smallest absolute Gasteiger partial charge is 0.163 e. The SMILES string of the molecule is Cc1noc(C2CC2)c1NCc1[nH]nc2ccccc12. The van der Waals surface area contributed by atoms with E-state index in [0.717, 1.165) is 33.7 Å². The maximum atomic E-state index is 5.44. The predicted octanol–water partition coefficient (Wildman–Crippen LogP) is 3.35. The van der Waals surface area contributed by atoms with Crippen LogP contribution in [0.2, 0.25) is 0 Å². The summed E-state index contributed by atoms with van der Waals surface area (Å²) in [5, 5.41) is 16.1. The minimum atomic E-state index is 0.553. The zero-order chi connectivity index (χ0) is 13.5. The summed E-state index contributed by atoms with van der Waals surface area (Å²) >= 11 is 0. The first-order valence-corrected chi connectivity index (χ1v) is 6.95. The summed E-state index contributed by atoms with van der Waals surface area (Å²) in [6, 6.07) is 8.12. The lowest BCUT2D eigenvalue weighted by Crippen LogP contribution is -2.02. The number of rotatable bonds is 4. The normalized spacial score (nSPS) is 14.8. The van der Waals surface area contributed by atoms with E-state index in [1.807, 2.05) is 25.1 Å². The molecule has 2 aromatic heterocycles. The molecule has 102 valence electrons. The fourth-order valence-electron chi connectivity index (χ4n) is 2.55. The average Bonchev–Trinajstić information content (AvgIpc) is 3.13. The standard InChI is InChI=1S/C15H16N4O/c1-9-14(15(20-19-9)10-6-7-10)16-8-13-11-4-2-3-5-12(11)17-18-13/h2-5,10,16H,6-8H2,1H3,(H,17,18). The molecule has 0 aliphatic heterocycles.